The molecule has 242 valence electrons. The molecule has 0 atom stereocenters. The predicted octanol–water partition coefficient (Wildman–Crippen LogP) is 12.7. The van der Waals surface area contributed by atoms with E-state index in [2.05, 4.69) is 176 Å². The molecule has 5 aromatic heterocycles. The number of fused-ring (bicyclic) bond motifs is 12. The second kappa shape index (κ2) is 10.4. The van der Waals surface area contributed by atoms with E-state index in [1.165, 1.54) is 85.8 Å². The van der Waals surface area contributed by atoms with Gasteiger partial charge in [-0.1, -0.05) is 84.9 Å². The van der Waals surface area contributed by atoms with E-state index in [0.717, 1.165) is 16.9 Å². The maximum Gasteiger partial charge on any atom is 0.0724 e. The standard InChI is InChI=1S/C47H28N4S/c1-2-11-29(12-3-1)49-41-22-21-30(25-36(41)33-23-24-48-28-45(33)49)50-39-17-7-4-13-31(39)37-27-44-38(26-43(37)50)32-14-5-8-18-40(32)51(44)42-19-10-16-35-34-15-6-9-20-46(34)52-47(35)42/h1-28H. The Hall–Kier alpha value is -6.69. The van der Waals surface area contributed by atoms with E-state index in [9.17, 15) is 0 Å². The smallest absolute Gasteiger partial charge is 0.0724 e. The van der Waals surface area contributed by atoms with Gasteiger partial charge in [0.2, 0.25) is 0 Å². The van der Waals surface area contributed by atoms with Crippen molar-refractivity contribution >= 4 is 96.9 Å². The summed E-state index contributed by atoms with van der Waals surface area (Å²) in [5, 5.41) is 10.0. The Bertz CT molecular complexity index is 3410. The zero-order valence-electron chi connectivity index (χ0n) is 27.9. The van der Waals surface area contributed by atoms with Crippen LogP contribution in [0, 0.1) is 0 Å². The highest BCUT2D eigenvalue weighted by molar-refractivity contribution is 7.26. The fourth-order valence-corrected chi connectivity index (χ4v) is 9.93. The average Bonchev–Trinajstić information content (AvgIpc) is 3.93. The molecule has 0 aliphatic heterocycles. The molecule has 0 aliphatic carbocycles. The summed E-state index contributed by atoms with van der Waals surface area (Å²) >= 11 is 1.88. The number of hydrogen-bond donors (Lipinski definition) is 0. The monoisotopic (exact) mass is 680 g/mol. The minimum Gasteiger partial charge on any atom is -0.309 e. The Labute approximate surface area is 301 Å². The third-order valence-corrected chi connectivity index (χ3v) is 12.1. The molecule has 5 heterocycles. The molecule has 0 N–H and O–H groups in total. The molecule has 0 radical (unpaired) electrons. The molecule has 0 fully saturated rings. The van der Waals surface area contributed by atoms with E-state index in [4.69, 9.17) is 0 Å². The maximum atomic E-state index is 4.53. The lowest BCUT2D eigenvalue weighted by atomic mass is 10.1. The van der Waals surface area contributed by atoms with Gasteiger partial charge in [0.15, 0.2) is 0 Å². The highest BCUT2D eigenvalue weighted by atomic mass is 32.1. The number of nitrogens with zero attached hydrogens (tertiary/aromatic N) is 4. The van der Waals surface area contributed by atoms with Crippen LogP contribution in [0.4, 0.5) is 0 Å². The molecule has 52 heavy (non-hydrogen) atoms. The van der Waals surface area contributed by atoms with Gasteiger partial charge in [-0.3, -0.25) is 4.98 Å². The zero-order chi connectivity index (χ0) is 33.9. The van der Waals surface area contributed by atoms with Gasteiger partial charge in [0, 0.05) is 65.4 Å². The summed E-state index contributed by atoms with van der Waals surface area (Å²) in [5.74, 6) is 0. The molecular weight excluding hydrogens is 653 g/mol. The molecule has 0 amide bonds. The molecule has 4 nitrogen and oxygen atoms in total. The first-order valence-corrected chi connectivity index (χ1v) is 18.4. The Morgan fingerprint density at radius 2 is 0.962 bits per heavy atom. The summed E-state index contributed by atoms with van der Waals surface area (Å²) in [6, 6.07) is 57.7. The molecule has 12 aromatic rings. The first-order valence-electron chi connectivity index (χ1n) is 17.6. The van der Waals surface area contributed by atoms with Crippen LogP contribution in [-0.4, -0.2) is 18.7 Å². The van der Waals surface area contributed by atoms with Crippen LogP contribution in [0.1, 0.15) is 0 Å². The van der Waals surface area contributed by atoms with Crippen molar-refractivity contribution in [1.82, 2.24) is 18.7 Å². The first-order chi connectivity index (χ1) is 25.8. The van der Waals surface area contributed by atoms with Gasteiger partial charge in [0.25, 0.3) is 0 Å². The van der Waals surface area contributed by atoms with Crippen molar-refractivity contribution in [3.05, 3.63) is 170 Å². The molecule has 0 aliphatic rings. The molecule has 7 aromatic carbocycles. The van der Waals surface area contributed by atoms with Crippen LogP contribution in [0.15, 0.2) is 170 Å². The first kappa shape index (κ1) is 28.1. The Balaban J connectivity index is 1.17. The van der Waals surface area contributed by atoms with Gasteiger partial charge in [0.05, 0.1) is 49.7 Å². The summed E-state index contributed by atoms with van der Waals surface area (Å²) in [5.41, 5.74) is 10.6. The van der Waals surface area contributed by atoms with Gasteiger partial charge in [-0.15, -0.1) is 11.3 Å². The van der Waals surface area contributed by atoms with E-state index in [0.29, 0.717) is 0 Å². The molecule has 0 saturated heterocycles. The summed E-state index contributed by atoms with van der Waals surface area (Å²) in [6.07, 6.45) is 3.88. The van der Waals surface area contributed by atoms with Crippen molar-refractivity contribution in [2.24, 2.45) is 0 Å². The largest absolute Gasteiger partial charge is 0.309 e. The Morgan fingerprint density at radius 3 is 1.77 bits per heavy atom. The lowest BCUT2D eigenvalue weighted by Crippen LogP contribution is -1.96. The number of para-hydroxylation sites is 3. The predicted molar refractivity (Wildman–Crippen MR) is 220 cm³/mol. The van der Waals surface area contributed by atoms with Gasteiger partial charge >= 0.3 is 0 Å². The van der Waals surface area contributed by atoms with Crippen molar-refractivity contribution in [2.75, 3.05) is 0 Å². The van der Waals surface area contributed by atoms with Crippen LogP contribution in [-0.2, 0) is 0 Å². The van der Waals surface area contributed by atoms with Crippen molar-refractivity contribution in [2.45, 2.75) is 0 Å². The van der Waals surface area contributed by atoms with Gasteiger partial charge in [-0.25, -0.2) is 0 Å². The molecule has 0 bridgehead atoms. The topological polar surface area (TPSA) is 27.7 Å². The molecular formula is C47H28N4S. The fraction of sp³-hybridized carbons (Fsp3) is 0. The number of rotatable bonds is 3. The van der Waals surface area contributed by atoms with Crippen LogP contribution in [0.3, 0.4) is 0 Å². The molecule has 0 saturated carbocycles. The third-order valence-electron chi connectivity index (χ3n) is 10.9. The second-order valence-electron chi connectivity index (χ2n) is 13.6. The third kappa shape index (κ3) is 3.72. The average molecular weight is 681 g/mol. The van der Waals surface area contributed by atoms with Gasteiger partial charge in [-0.05, 0) is 72.8 Å². The SMILES string of the molecule is c1ccc(-n2c3ccc(-n4c5ccccc5c5cc6c(cc54)c4ccccc4n6-c4cccc5c4sc4ccccc45)cc3c3ccncc32)cc1. The van der Waals surface area contributed by atoms with E-state index >= 15 is 0 Å². The Kier molecular flexibility index (Phi) is 5.62. The summed E-state index contributed by atoms with van der Waals surface area (Å²) in [7, 11) is 0. The van der Waals surface area contributed by atoms with E-state index in [-0.39, 0.29) is 0 Å². The molecule has 0 spiro atoms. The quantitative estimate of drug-likeness (QED) is 0.182. The highest BCUT2D eigenvalue weighted by Crippen LogP contribution is 2.44. The van der Waals surface area contributed by atoms with Crippen molar-refractivity contribution in [3.8, 4) is 17.1 Å². The van der Waals surface area contributed by atoms with Gasteiger partial charge in [0.1, 0.15) is 0 Å². The number of pyridine rings is 1. The lowest BCUT2D eigenvalue weighted by molar-refractivity contribution is 1.16. The van der Waals surface area contributed by atoms with Crippen molar-refractivity contribution < 1.29 is 0 Å². The van der Waals surface area contributed by atoms with Crippen LogP contribution in [0.2, 0.25) is 0 Å². The number of benzene rings is 7. The normalized spacial score (nSPS) is 12.2. The molecule has 0 unspecified atom stereocenters. The van der Waals surface area contributed by atoms with Crippen molar-refractivity contribution in [3.63, 3.8) is 0 Å². The van der Waals surface area contributed by atoms with Gasteiger partial charge in [-0.2, -0.15) is 0 Å². The minimum atomic E-state index is 1.10. The zero-order valence-corrected chi connectivity index (χ0v) is 28.7. The summed E-state index contributed by atoms with van der Waals surface area (Å²) in [6.45, 7) is 0. The van der Waals surface area contributed by atoms with Crippen LogP contribution >= 0.6 is 11.3 Å². The van der Waals surface area contributed by atoms with Crippen molar-refractivity contribution in [1.29, 1.82) is 0 Å². The van der Waals surface area contributed by atoms with Crippen LogP contribution in [0.25, 0.3) is 103 Å². The Morgan fingerprint density at radius 1 is 0.365 bits per heavy atom. The lowest BCUT2D eigenvalue weighted by Gasteiger charge is -2.11. The van der Waals surface area contributed by atoms with Crippen LogP contribution < -0.4 is 0 Å². The maximum absolute atomic E-state index is 4.53. The van der Waals surface area contributed by atoms with E-state index in [1.54, 1.807) is 0 Å². The van der Waals surface area contributed by atoms with Gasteiger partial charge < -0.3 is 13.7 Å². The van der Waals surface area contributed by atoms with Crippen LogP contribution in [0.5, 0.6) is 0 Å². The molecule has 12 rings (SSSR count). The number of aromatic nitrogens is 4. The summed E-state index contributed by atoms with van der Waals surface area (Å²) < 4.78 is 9.90. The highest BCUT2D eigenvalue weighted by Gasteiger charge is 2.21. The van der Waals surface area contributed by atoms with E-state index in [1.807, 2.05) is 23.7 Å². The van der Waals surface area contributed by atoms with E-state index < -0.39 is 0 Å². The summed E-state index contributed by atoms with van der Waals surface area (Å²) in [4.78, 5) is 4.53. The molecule has 5 heteroatoms. The number of thiophene rings is 1. The second-order valence-corrected chi connectivity index (χ2v) is 14.7. The minimum absolute atomic E-state index is 1.10. The fourth-order valence-electron chi connectivity index (χ4n) is 8.73. The number of hydrogen-bond acceptors (Lipinski definition) is 2.